The summed E-state index contributed by atoms with van der Waals surface area (Å²) in [6.07, 6.45) is 3.07. The second kappa shape index (κ2) is 7.35. The number of pyridine rings is 1. The van der Waals surface area contributed by atoms with E-state index in [0.29, 0.717) is 0 Å². The molecule has 6 aromatic rings. The van der Waals surface area contributed by atoms with E-state index in [9.17, 15) is 0 Å². The maximum absolute atomic E-state index is 6.63. The van der Waals surface area contributed by atoms with Crippen LogP contribution in [0, 0.1) is 6.92 Å². The van der Waals surface area contributed by atoms with Gasteiger partial charge in [-0.05, 0) is 41.5 Å². The van der Waals surface area contributed by atoms with E-state index in [1.807, 2.05) is 0 Å². The Morgan fingerprint density at radius 2 is 1.44 bits per heavy atom. The third-order valence-corrected chi connectivity index (χ3v) is 6.46. The molecule has 0 spiro atoms. The summed E-state index contributed by atoms with van der Waals surface area (Å²) in [5.74, 6) is 0. The van der Waals surface area contributed by atoms with Crippen LogP contribution >= 0.6 is 0 Å². The summed E-state index contributed by atoms with van der Waals surface area (Å²) in [6, 6.07) is 32.4. The molecule has 0 aliphatic rings. The highest BCUT2D eigenvalue weighted by molar-refractivity contribution is 6.17. The van der Waals surface area contributed by atoms with E-state index in [1.165, 1.54) is 44.1 Å². The molecule has 0 bridgehead atoms. The first kappa shape index (κ1) is 18.8. The number of rotatable bonds is 3. The molecule has 154 valence electrons. The lowest BCUT2D eigenvalue weighted by Crippen LogP contribution is -2.30. The molecule has 6 rings (SSSR count). The number of hydrogen-bond acceptors (Lipinski definition) is 1. The quantitative estimate of drug-likeness (QED) is 0.282. The molecule has 0 saturated carbocycles. The molecule has 2 heteroatoms. The molecule has 0 unspecified atom stereocenters. The van der Waals surface area contributed by atoms with Crippen molar-refractivity contribution in [3.63, 3.8) is 0 Å². The molecule has 2 heterocycles. The van der Waals surface area contributed by atoms with Gasteiger partial charge in [0.05, 0.1) is 5.56 Å². The number of hydrogen-bond donors (Lipinski definition) is 0. The second-order valence-electron chi connectivity index (χ2n) is 8.59. The summed E-state index contributed by atoms with van der Waals surface area (Å²) >= 11 is 0. The molecule has 0 fully saturated rings. The Balaban J connectivity index is 1.60. The summed E-state index contributed by atoms with van der Waals surface area (Å²) in [5.41, 5.74) is 8.09. The van der Waals surface area contributed by atoms with Crippen LogP contribution in [0.25, 0.3) is 44.0 Å². The summed E-state index contributed by atoms with van der Waals surface area (Å²) < 4.78 is 8.83. The van der Waals surface area contributed by atoms with E-state index < -0.39 is 0 Å². The van der Waals surface area contributed by atoms with Gasteiger partial charge in [-0.25, -0.2) is 4.57 Å². The minimum atomic E-state index is 0.911. The predicted octanol–water partition coefficient (Wildman–Crippen LogP) is 7.13. The molecule has 32 heavy (non-hydrogen) atoms. The maximum Gasteiger partial charge on any atom is 0.216 e. The zero-order chi connectivity index (χ0) is 21.7. The highest BCUT2D eigenvalue weighted by Gasteiger charge is 2.21. The summed E-state index contributed by atoms with van der Waals surface area (Å²) in [5, 5.41) is 4.70. The standard InChI is InChI=1S/C30H24NO/c1-20-12-14-26-25-15-13-23-10-6-7-11-24(23)29(25)32-30(26)28(20)27-19-22(16-17-31(27)2)18-21-8-4-3-5-9-21/h3-17,19H,18H2,1-2H3/q+1. The van der Waals surface area contributed by atoms with Gasteiger partial charge in [0.2, 0.25) is 5.69 Å². The maximum atomic E-state index is 6.63. The lowest BCUT2D eigenvalue weighted by atomic mass is 9.98. The SMILES string of the molecule is Cc1ccc2c(oc3c4ccccc4ccc23)c1-c1cc(Cc2ccccc2)cc[n+]1C. The second-order valence-corrected chi connectivity index (χ2v) is 8.59. The highest BCUT2D eigenvalue weighted by atomic mass is 16.3. The lowest BCUT2D eigenvalue weighted by Gasteiger charge is -2.08. The van der Waals surface area contributed by atoms with E-state index in [-0.39, 0.29) is 0 Å². The molecule has 0 radical (unpaired) electrons. The molecule has 0 aliphatic carbocycles. The Kier molecular flexibility index (Phi) is 4.32. The Morgan fingerprint density at radius 3 is 2.31 bits per heavy atom. The van der Waals surface area contributed by atoms with Gasteiger partial charge in [0.25, 0.3) is 0 Å². The Hall–Kier alpha value is -3.91. The molecule has 0 amide bonds. The zero-order valence-electron chi connectivity index (χ0n) is 18.3. The monoisotopic (exact) mass is 414 g/mol. The van der Waals surface area contributed by atoms with Crippen molar-refractivity contribution >= 4 is 32.7 Å². The third-order valence-electron chi connectivity index (χ3n) is 6.46. The van der Waals surface area contributed by atoms with Gasteiger partial charge in [-0.2, -0.15) is 0 Å². The highest BCUT2D eigenvalue weighted by Crippen LogP contribution is 2.39. The fourth-order valence-corrected chi connectivity index (χ4v) is 4.79. The van der Waals surface area contributed by atoms with Crippen molar-refractivity contribution in [3.05, 3.63) is 114 Å². The van der Waals surface area contributed by atoms with Gasteiger partial charge in [0, 0.05) is 28.3 Å². The van der Waals surface area contributed by atoms with Crippen molar-refractivity contribution in [2.45, 2.75) is 13.3 Å². The fourth-order valence-electron chi connectivity index (χ4n) is 4.79. The van der Waals surface area contributed by atoms with Gasteiger partial charge < -0.3 is 4.42 Å². The molecule has 0 aliphatic heterocycles. The summed E-state index contributed by atoms with van der Waals surface area (Å²) in [6.45, 7) is 2.17. The van der Waals surface area contributed by atoms with Crippen molar-refractivity contribution in [1.82, 2.24) is 0 Å². The first-order valence-corrected chi connectivity index (χ1v) is 11.1. The number of nitrogens with zero attached hydrogens (tertiary/aromatic N) is 1. The van der Waals surface area contributed by atoms with Crippen molar-refractivity contribution < 1.29 is 8.98 Å². The molecule has 2 nitrogen and oxygen atoms in total. The Bertz CT molecular complexity index is 1610. The Labute approximate surface area is 187 Å². The average Bonchev–Trinajstić information content (AvgIpc) is 3.20. The molecular formula is C30H24NO+. The lowest BCUT2D eigenvalue weighted by molar-refractivity contribution is -0.660. The van der Waals surface area contributed by atoms with Gasteiger partial charge in [-0.3, -0.25) is 0 Å². The van der Waals surface area contributed by atoms with Crippen LogP contribution in [0.1, 0.15) is 16.7 Å². The van der Waals surface area contributed by atoms with E-state index in [1.54, 1.807) is 0 Å². The molecule has 2 aromatic heterocycles. The van der Waals surface area contributed by atoms with Gasteiger partial charge >= 0.3 is 0 Å². The largest absolute Gasteiger partial charge is 0.454 e. The first-order chi connectivity index (χ1) is 15.7. The Morgan fingerprint density at radius 1 is 0.688 bits per heavy atom. The number of furan rings is 1. The number of fused-ring (bicyclic) bond motifs is 5. The smallest absolute Gasteiger partial charge is 0.216 e. The molecule has 0 saturated heterocycles. The fraction of sp³-hybridized carbons (Fsp3) is 0.100. The van der Waals surface area contributed by atoms with Crippen LogP contribution < -0.4 is 4.57 Å². The van der Waals surface area contributed by atoms with Crippen molar-refractivity contribution in [2.24, 2.45) is 7.05 Å². The van der Waals surface area contributed by atoms with Gasteiger partial charge in [-0.15, -0.1) is 0 Å². The van der Waals surface area contributed by atoms with Gasteiger partial charge in [-0.1, -0.05) is 72.8 Å². The summed E-state index contributed by atoms with van der Waals surface area (Å²) in [7, 11) is 2.11. The first-order valence-electron chi connectivity index (χ1n) is 11.1. The van der Waals surface area contributed by atoms with Crippen LogP contribution in [0.3, 0.4) is 0 Å². The van der Waals surface area contributed by atoms with Crippen molar-refractivity contribution in [1.29, 1.82) is 0 Å². The number of aryl methyl sites for hydroxylation is 2. The normalized spacial score (nSPS) is 11.6. The van der Waals surface area contributed by atoms with Gasteiger partial charge in [0.15, 0.2) is 6.20 Å². The minimum absolute atomic E-state index is 0.911. The van der Waals surface area contributed by atoms with Crippen LogP contribution in [0.15, 0.2) is 102 Å². The minimum Gasteiger partial charge on any atom is -0.454 e. The predicted molar refractivity (Wildman–Crippen MR) is 132 cm³/mol. The molecule has 0 N–H and O–H groups in total. The zero-order valence-corrected chi connectivity index (χ0v) is 18.3. The average molecular weight is 415 g/mol. The molecular weight excluding hydrogens is 390 g/mol. The number of aromatic nitrogens is 1. The molecule has 4 aromatic carbocycles. The van der Waals surface area contributed by atoms with E-state index in [2.05, 4.69) is 116 Å². The third kappa shape index (κ3) is 2.99. The van der Waals surface area contributed by atoms with Crippen molar-refractivity contribution in [3.8, 4) is 11.3 Å². The van der Waals surface area contributed by atoms with Crippen LogP contribution in [0.5, 0.6) is 0 Å². The van der Waals surface area contributed by atoms with Gasteiger partial charge in [0.1, 0.15) is 18.2 Å². The van der Waals surface area contributed by atoms with Crippen LogP contribution in [0.4, 0.5) is 0 Å². The van der Waals surface area contributed by atoms with Crippen LogP contribution in [-0.2, 0) is 13.5 Å². The molecule has 0 atom stereocenters. The summed E-state index contributed by atoms with van der Waals surface area (Å²) in [4.78, 5) is 0. The topological polar surface area (TPSA) is 17.0 Å². The van der Waals surface area contributed by atoms with E-state index >= 15 is 0 Å². The van der Waals surface area contributed by atoms with E-state index in [0.717, 1.165) is 23.0 Å². The van der Waals surface area contributed by atoms with Crippen molar-refractivity contribution in [2.75, 3.05) is 0 Å². The van der Waals surface area contributed by atoms with Crippen LogP contribution in [-0.4, -0.2) is 0 Å². The van der Waals surface area contributed by atoms with E-state index in [4.69, 9.17) is 4.42 Å². The van der Waals surface area contributed by atoms with Crippen LogP contribution in [0.2, 0.25) is 0 Å². The number of benzene rings is 4.